The Kier molecular flexibility index (Phi) is 5.44. The Labute approximate surface area is 165 Å². The maximum absolute atomic E-state index is 6.13. The number of rotatable bonds is 6. The molecule has 1 aliphatic carbocycles. The van der Waals surface area contributed by atoms with Gasteiger partial charge in [-0.15, -0.1) is 5.10 Å². The summed E-state index contributed by atoms with van der Waals surface area (Å²) < 4.78 is 7.88. The standard InChI is InChI=1S/C20H25Cl2N3O/c1-14-10-20(23-25(14)17-6-7-18(21)19(22)11-17)26-13-16-5-4-15(16)12-24-8-2-3-9-24/h6-7,10-11,15-16H,2-5,8-9,12-13H2,1H3/t15-,16-/m0/s1. The van der Waals surface area contributed by atoms with Crippen molar-refractivity contribution >= 4 is 23.2 Å². The molecule has 0 radical (unpaired) electrons. The van der Waals surface area contributed by atoms with Crippen LogP contribution in [0.4, 0.5) is 0 Å². The second-order valence-electron chi connectivity index (χ2n) is 7.55. The van der Waals surface area contributed by atoms with Gasteiger partial charge in [-0.25, -0.2) is 4.68 Å². The van der Waals surface area contributed by atoms with Crippen molar-refractivity contribution in [3.8, 4) is 11.6 Å². The SMILES string of the molecule is Cc1cc(OC[C@@H]2CC[C@H]2CN2CCCC2)nn1-c1ccc(Cl)c(Cl)c1. The molecule has 0 N–H and O–H groups in total. The summed E-state index contributed by atoms with van der Waals surface area (Å²) in [6.07, 6.45) is 5.32. The average Bonchev–Trinajstić information content (AvgIpc) is 3.24. The fraction of sp³-hybridized carbons (Fsp3) is 0.550. The highest BCUT2D eigenvalue weighted by atomic mass is 35.5. The second kappa shape index (κ2) is 7.79. The van der Waals surface area contributed by atoms with E-state index in [0.29, 0.717) is 21.8 Å². The number of nitrogens with zero attached hydrogens (tertiary/aromatic N) is 3. The first-order valence-corrected chi connectivity index (χ1v) is 10.2. The summed E-state index contributed by atoms with van der Waals surface area (Å²) in [6.45, 7) is 6.57. The fourth-order valence-electron chi connectivity index (χ4n) is 3.98. The molecule has 2 aromatic rings. The van der Waals surface area contributed by atoms with E-state index in [2.05, 4.69) is 10.00 Å². The van der Waals surface area contributed by atoms with Crippen LogP contribution in [0, 0.1) is 18.8 Å². The van der Waals surface area contributed by atoms with E-state index >= 15 is 0 Å². The third-order valence-electron chi connectivity index (χ3n) is 5.72. The predicted octanol–water partition coefficient (Wildman–Crippen LogP) is 4.99. The zero-order chi connectivity index (χ0) is 18.1. The molecule has 26 heavy (non-hydrogen) atoms. The van der Waals surface area contributed by atoms with Crippen molar-refractivity contribution in [1.82, 2.24) is 14.7 Å². The van der Waals surface area contributed by atoms with E-state index < -0.39 is 0 Å². The van der Waals surface area contributed by atoms with Crippen LogP contribution in [0.3, 0.4) is 0 Å². The maximum atomic E-state index is 6.13. The van der Waals surface area contributed by atoms with Crippen LogP contribution in [0.1, 0.15) is 31.4 Å². The Hall–Kier alpha value is -1.23. The monoisotopic (exact) mass is 393 g/mol. The zero-order valence-corrected chi connectivity index (χ0v) is 16.6. The van der Waals surface area contributed by atoms with Crippen LogP contribution in [-0.4, -0.2) is 40.9 Å². The van der Waals surface area contributed by atoms with Crippen LogP contribution < -0.4 is 4.74 Å². The van der Waals surface area contributed by atoms with E-state index in [1.165, 1.54) is 45.3 Å². The number of hydrogen-bond donors (Lipinski definition) is 0. The molecule has 0 unspecified atom stereocenters. The summed E-state index contributed by atoms with van der Waals surface area (Å²) in [4.78, 5) is 2.61. The second-order valence-corrected chi connectivity index (χ2v) is 8.36. The van der Waals surface area contributed by atoms with Gasteiger partial charge in [0.15, 0.2) is 0 Å². The van der Waals surface area contributed by atoms with Gasteiger partial charge in [0.2, 0.25) is 5.88 Å². The number of benzene rings is 1. The van der Waals surface area contributed by atoms with Crippen molar-refractivity contribution < 1.29 is 4.74 Å². The van der Waals surface area contributed by atoms with E-state index in [1.807, 2.05) is 29.8 Å². The minimum absolute atomic E-state index is 0.528. The van der Waals surface area contributed by atoms with Gasteiger partial charge >= 0.3 is 0 Å². The molecule has 6 heteroatoms. The van der Waals surface area contributed by atoms with Crippen molar-refractivity contribution in [2.24, 2.45) is 11.8 Å². The molecular weight excluding hydrogens is 369 g/mol. The summed E-state index contributed by atoms with van der Waals surface area (Å²) in [7, 11) is 0. The lowest BCUT2D eigenvalue weighted by Gasteiger charge is -2.38. The highest BCUT2D eigenvalue weighted by Gasteiger charge is 2.33. The van der Waals surface area contributed by atoms with E-state index in [1.54, 1.807) is 6.07 Å². The Balaban J connectivity index is 1.36. The van der Waals surface area contributed by atoms with Crippen molar-refractivity contribution in [2.45, 2.75) is 32.6 Å². The normalized spacial score (nSPS) is 23.2. The quantitative estimate of drug-likeness (QED) is 0.692. The molecule has 2 heterocycles. The third-order valence-corrected chi connectivity index (χ3v) is 6.46. The van der Waals surface area contributed by atoms with Crippen molar-refractivity contribution in [3.63, 3.8) is 0 Å². The highest BCUT2D eigenvalue weighted by Crippen LogP contribution is 2.36. The molecular formula is C20H25Cl2N3O. The Morgan fingerprint density at radius 3 is 2.54 bits per heavy atom. The molecule has 1 aromatic carbocycles. The van der Waals surface area contributed by atoms with E-state index in [0.717, 1.165) is 23.9 Å². The Bertz CT molecular complexity index is 770. The summed E-state index contributed by atoms with van der Waals surface area (Å²) in [5.41, 5.74) is 1.91. The minimum Gasteiger partial charge on any atom is -0.476 e. The molecule has 0 spiro atoms. The van der Waals surface area contributed by atoms with Crippen LogP contribution in [0.25, 0.3) is 5.69 Å². The van der Waals surface area contributed by atoms with Gasteiger partial charge in [-0.3, -0.25) is 0 Å². The highest BCUT2D eigenvalue weighted by molar-refractivity contribution is 6.42. The molecule has 4 rings (SSSR count). The summed E-state index contributed by atoms with van der Waals surface area (Å²) in [5, 5.41) is 5.67. The van der Waals surface area contributed by atoms with Gasteiger partial charge in [-0.05, 0) is 75.7 Å². The molecule has 2 atom stereocenters. The molecule has 1 saturated heterocycles. The van der Waals surface area contributed by atoms with Crippen LogP contribution in [0.15, 0.2) is 24.3 Å². The summed E-state index contributed by atoms with van der Waals surface area (Å²) in [5.74, 6) is 2.12. The maximum Gasteiger partial charge on any atom is 0.233 e. The number of ether oxygens (including phenoxy) is 1. The first-order chi connectivity index (χ1) is 12.6. The van der Waals surface area contributed by atoms with Gasteiger partial charge in [0.1, 0.15) is 0 Å². The number of halogens is 2. The molecule has 1 aromatic heterocycles. The lowest BCUT2D eigenvalue weighted by molar-refractivity contribution is 0.0732. The van der Waals surface area contributed by atoms with Crippen LogP contribution >= 0.6 is 23.2 Å². The molecule has 140 valence electrons. The summed E-state index contributed by atoms with van der Waals surface area (Å²) in [6, 6.07) is 7.51. The van der Waals surface area contributed by atoms with Gasteiger partial charge in [0, 0.05) is 18.3 Å². The Morgan fingerprint density at radius 2 is 1.85 bits per heavy atom. The lowest BCUT2D eigenvalue weighted by Crippen LogP contribution is -2.39. The molecule has 2 aliphatic rings. The van der Waals surface area contributed by atoms with Crippen molar-refractivity contribution in [2.75, 3.05) is 26.2 Å². The van der Waals surface area contributed by atoms with Crippen molar-refractivity contribution in [1.29, 1.82) is 0 Å². The largest absolute Gasteiger partial charge is 0.476 e. The van der Waals surface area contributed by atoms with Crippen LogP contribution in [-0.2, 0) is 0 Å². The van der Waals surface area contributed by atoms with Crippen LogP contribution in [0.2, 0.25) is 10.0 Å². The number of hydrogen-bond acceptors (Lipinski definition) is 3. The lowest BCUT2D eigenvalue weighted by atomic mass is 9.74. The Morgan fingerprint density at radius 1 is 1.08 bits per heavy atom. The number of likely N-dealkylation sites (tertiary alicyclic amines) is 1. The molecule has 1 saturated carbocycles. The van der Waals surface area contributed by atoms with E-state index in [-0.39, 0.29) is 0 Å². The van der Waals surface area contributed by atoms with Gasteiger partial charge < -0.3 is 9.64 Å². The minimum atomic E-state index is 0.528. The summed E-state index contributed by atoms with van der Waals surface area (Å²) >= 11 is 12.1. The average molecular weight is 394 g/mol. The molecule has 0 amide bonds. The molecule has 4 nitrogen and oxygen atoms in total. The zero-order valence-electron chi connectivity index (χ0n) is 15.1. The van der Waals surface area contributed by atoms with Gasteiger partial charge in [-0.1, -0.05) is 23.2 Å². The molecule has 0 bridgehead atoms. The smallest absolute Gasteiger partial charge is 0.233 e. The number of aryl methyl sites for hydroxylation is 1. The van der Waals surface area contributed by atoms with Gasteiger partial charge in [0.25, 0.3) is 0 Å². The van der Waals surface area contributed by atoms with Crippen molar-refractivity contribution in [3.05, 3.63) is 40.0 Å². The fourth-order valence-corrected chi connectivity index (χ4v) is 4.27. The molecule has 1 aliphatic heterocycles. The third kappa shape index (κ3) is 3.88. The first-order valence-electron chi connectivity index (χ1n) is 9.47. The number of aromatic nitrogens is 2. The molecule has 2 fully saturated rings. The van der Waals surface area contributed by atoms with Gasteiger partial charge in [-0.2, -0.15) is 0 Å². The first kappa shape index (κ1) is 18.1. The van der Waals surface area contributed by atoms with Crippen LogP contribution in [0.5, 0.6) is 5.88 Å². The van der Waals surface area contributed by atoms with Gasteiger partial charge in [0.05, 0.1) is 22.3 Å². The topological polar surface area (TPSA) is 30.3 Å². The predicted molar refractivity (Wildman–Crippen MR) is 106 cm³/mol. The van der Waals surface area contributed by atoms with E-state index in [4.69, 9.17) is 27.9 Å². The van der Waals surface area contributed by atoms with E-state index in [9.17, 15) is 0 Å².